The number of urea groups is 1. The number of aryl methyl sites for hydroxylation is 1. The van der Waals surface area contributed by atoms with Crippen LogP contribution in [0.5, 0.6) is 0 Å². The zero-order valence-electron chi connectivity index (χ0n) is 13.0. The molecular weight excluding hydrogens is 292 g/mol. The van der Waals surface area contributed by atoms with Crippen LogP contribution in [-0.2, 0) is 0 Å². The highest BCUT2D eigenvalue weighted by molar-refractivity contribution is 5.89. The minimum Gasteiger partial charge on any atom is -0.339 e. The molecule has 0 bridgehead atoms. The molecule has 1 aromatic heterocycles. The number of nitrogens with one attached hydrogen (secondary N) is 1. The molecule has 1 aliphatic rings. The summed E-state index contributed by atoms with van der Waals surface area (Å²) in [6.07, 6.45) is 7.23. The molecule has 3 rings (SSSR count). The van der Waals surface area contributed by atoms with Crippen LogP contribution in [0.2, 0.25) is 0 Å². The minimum atomic E-state index is -0.139. The Kier molecular flexibility index (Phi) is 4.29. The van der Waals surface area contributed by atoms with Crippen LogP contribution in [0.15, 0.2) is 28.8 Å². The molecule has 2 amide bonds. The molecule has 2 heterocycles. The molecule has 1 unspecified atom stereocenters. The number of likely N-dealkylation sites (tertiary alicyclic amines) is 1. The lowest BCUT2D eigenvalue weighted by atomic mass is 9.98. The number of carbonyl (C=O) groups excluding carboxylic acids is 1. The van der Waals surface area contributed by atoms with E-state index in [0.717, 1.165) is 18.4 Å². The molecule has 0 spiro atoms. The number of nitrogens with zero attached hydrogens (tertiary/aromatic N) is 3. The first-order valence-electron chi connectivity index (χ1n) is 7.58. The quantitative estimate of drug-likeness (QED) is 0.866. The van der Waals surface area contributed by atoms with Crippen LogP contribution in [0.3, 0.4) is 0 Å². The van der Waals surface area contributed by atoms with Gasteiger partial charge >= 0.3 is 6.03 Å². The van der Waals surface area contributed by atoms with Crippen LogP contribution >= 0.6 is 0 Å². The van der Waals surface area contributed by atoms with Crippen LogP contribution in [0, 0.1) is 19.3 Å². The highest BCUT2D eigenvalue weighted by Gasteiger charge is 2.28. The van der Waals surface area contributed by atoms with E-state index in [2.05, 4.69) is 21.4 Å². The van der Waals surface area contributed by atoms with Gasteiger partial charge in [-0.3, -0.25) is 0 Å². The maximum absolute atomic E-state index is 12.4. The Labute approximate surface area is 134 Å². The van der Waals surface area contributed by atoms with E-state index in [1.54, 1.807) is 17.9 Å². The van der Waals surface area contributed by atoms with Crippen molar-refractivity contribution in [1.82, 2.24) is 15.0 Å². The van der Waals surface area contributed by atoms with Gasteiger partial charge in [0.2, 0.25) is 5.89 Å². The van der Waals surface area contributed by atoms with E-state index in [4.69, 9.17) is 10.9 Å². The summed E-state index contributed by atoms with van der Waals surface area (Å²) in [5.41, 5.74) is 1.43. The van der Waals surface area contributed by atoms with Gasteiger partial charge in [-0.25, -0.2) is 4.79 Å². The van der Waals surface area contributed by atoms with E-state index in [1.807, 2.05) is 18.2 Å². The summed E-state index contributed by atoms with van der Waals surface area (Å²) in [4.78, 5) is 18.5. The standard InChI is InChI=1S/C17H18N4O2/c1-3-13-6-4-8-15(10-13)19-17(22)21-9-5-7-14(11-21)16-18-12(2)20-23-16/h1,4,6,8,10,14H,5,7,9,11H2,2H3,(H,19,22). The van der Waals surface area contributed by atoms with Gasteiger partial charge in [0.1, 0.15) is 0 Å². The Hall–Kier alpha value is -2.81. The summed E-state index contributed by atoms with van der Waals surface area (Å²) >= 11 is 0. The summed E-state index contributed by atoms with van der Waals surface area (Å²) < 4.78 is 5.24. The molecule has 0 aliphatic carbocycles. The zero-order chi connectivity index (χ0) is 16.2. The number of hydrogen-bond acceptors (Lipinski definition) is 4. The van der Waals surface area contributed by atoms with Crippen molar-refractivity contribution >= 4 is 11.7 Å². The molecule has 23 heavy (non-hydrogen) atoms. The second kappa shape index (κ2) is 6.53. The van der Waals surface area contributed by atoms with E-state index in [1.165, 1.54) is 0 Å². The highest BCUT2D eigenvalue weighted by Crippen LogP contribution is 2.26. The number of carbonyl (C=O) groups is 1. The van der Waals surface area contributed by atoms with Crippen molar-refractivity contribution in [2.45, 2.75) is 25.7 Å². The highest BCUT2D eigenvalue weighted by atomic mass is 16.5. The van der Waals surface area contributed by atoms with Gasteiger partial charge in [0.25, 0.3) is 0 Å². The second-order valence-electron chi connectivity index (χ2n) is 5.62. The van der Waals surface area contributed by atoms with Gasteiger partial charge in [0, 0.05) is 24.3 Å². The van der Waals surface area contributed by atoms with E-state index >= 15 is 0 Å². The van der Waals surface area contributed by atoms with Gasteiger partial charge in [-0.05, 0) is 38.0 Å². The Morgan fingerprint density at radius 1 is 1.52 bits per heavy atom. The average molecular weight is 310 g/mol. The maximum Gasteiger partial charge on any atom is 0.321 e. The molecule has 118 valence electrons. The van der Waals surface area contributed by atoms with Gasteiger partial charge in [-0.1, -0.05) is 17.1 Å². The molecule has 1 fully saturated rings. The summed E-state index contributed by atoms with van der Waals surface area (Å²) in [6.45, 7) is 3.07. The molecular formula is C17H18N4O2. The van der Waals surface area contributed by atoms with Crippen molar-refractivity contribution in [1.29, 1.82) is 0 Å². The fourth-order valence-corrected chi connectivity index (χ4v) is 2.73. The third-order valence-corrected chi connectivity index (χ3v) is 3.88. The van der Waals surface area contributed by atoms with Gasteiger partial charge in [-0.15, -0.1) is 6.42 Å². The molecule has 1 saturated heterocycles. The first-order chi connectivity index (χ1) is 11.2. The molecule has 6 heteroatoms. The van der Waals surface area contributed by atoms with Crippen molar-refractivity contribution in [3.63, 3.8) is 0 Å². The number of aromatic nitrogens is 2. The van der Waals surface area contributed by atoms with E-state index in [0.29, 0.717) is 30.5 Å². The summed E-state index contributed by atoms with van der Waals surface area (Å²) in [7, 11) is 0. The van der Waals surface area contributed by atoms with Crippen LogP contribution in [-0.4, -0.2) is 34.2 Å². The number of amides is 2. The normalized spacial score (nSPS) is 17.6. The van der Waals surface area contributed by atoms with Gasteiger partial charge < -0.3 is 14.7 Å². The smallest absolute Gasteiger partial charge is 0.321 e. The van der Waals surface area contributed by atoms with Gasteiger partial charge in [0.05, 0.1) is 5.92 Å². The molecule has 0 saturated carbocycles. The Morgan fingerprint density at radius 2 is 2.39 bits per heavy atom. The zero-order valence-corrected chi connectivity index (χ0v) is 13.0. The van der Waals surface area contributed by atoms with Crippen LogP contribution in [0.4, 0.5) is 10.5 Å². The predicted molar refractivity (Wildman–Crippen MR) is 86.0 cm³/mol. The molecule has 1 aromatic carbocycles. The summed E-state index contributed by atoms with van der Waals surface area (Å²) in [5.74, 6) is 3.87. The predicted octanol–water partition coefficient (Wildman–Crippen LogP) is 2.77. The van der Waals surface area contributed by atoms with E-state index < -0.39 is 0 Å². The topological polar surface area (TPSA) is 71.3 Å². The van der Waals surface area contributed by atoms with Crippen molar-refractivity contribution in [2.24, 2.45) is 0 Å². The Morgan fingerprint density at radius 3 is 3.13 bits per heavy atom. The van der Waals surface area contributed by atoms with Gasteiger partial charge in [0.15, 0.2) is 5.82 Å². The van der Waals surface area contributed by atoms with Crippen LogP contribution in [0.25, 0.3) is 0 Å². The molecule has 2 aromatic rings. The lowest BCUT2D eigenvalue weighted by Gasteiger charge is -2.31. The monoisotopic (exact) mass is 310 g/mol. The van der Waals surface area contributed by atoms with Crippen LogP contribution in [0.1, 0.15) is 36.0 Å². The largest absolute Gasteiger partial charge is 0.339 e. The molecule has 0 radical (unpaired) electrons. The summed E-state index contributed by atoms with van der Waals surface area (Å²) in [5, 5.41) is 6.71. The minimum absolute atomic E-state index is 0.0905. The fourth-order valence-electron chi connectivity index (χ4n) is 2.73. The maximum atomic E-state index is 12.4. The number of anilines is 1. The Bertz CT molecular complexity index is 747. The van der Waals surface area contributed by atoms with Crippen molar-refractivity contribution in [3.8, 4) is 12.3 Å². The molecule has 6 nitrogen and oxygen atoms in total. The van der Waals surface area contributed by atoms with Crippen molar-refractivity contribution in [3.05, 3.63) is 41.5 Å². The van der Waals surface area contributed by atoms with Crippen molar-refractivity contribution < 1.29 is 9.32 Å². The van der Waals surface area contributed by atoms with E-state index in [9.17, 15) is 4.79 Å². The number of hydrogen-bond donors (Lipinski definition) is 1. The second-order valence-corrected chi connectivity index (χ2v) is 5.62. The number of terminal acetylenes is 1. The van der Waals surface area contributed by atoms with Gasteiger partial charge in [-0.2, -0.15) is 4.98 Å². The average Bonchev–Trinajstić information content (AvgIpc) is 3.01. The molecule has 1 N–H and O–H groups in total. The number of rotatable bonds is 2. The Balaban J connectivity index is 1.66. The first kappa shape index (κ1) is 15.1. The third kappa shape index (κ3) is 3.51. The fraction of sp³-hybridized carbons (Fsp3) is 0.353. The molecule has 1 aliphatic heterocycles. The number of piperidine rings is 1. The lowest BCUT2D eigenvalue weighted by Crippen LogP contribution is -2.41. The number of benzene rings is 1. The molecule has 1 atom stereocenters. The van der Waals surface area contributed by atoms with Crippen molar-refractivity contribution in [2.75, 3.05) is 18.4 Å². The first-order valence-corrected chi connectivity index (χ1v) is 7.58. The third-order valence-electron chi connectivity index (χ3n) is 3.88. The van der Waals surface area contributed by atoms with Crippen LogP contribution < -0.4 is 5.32 Å². The van der Waals surface area contributed by atoms with E-state index in [-0.39, 0.29) is 11.9 Å². The summed E-state index contributed by atoms with van der Waals surface area (Å²) in [6, 6.07) is 7.11. The SMILES string of the molecule is C#Cc1cccc(NC(=O)N2CCCC(c3nc(C)no3)C2)c1. The lowest BCUT2D eigenvalue weighted by molar-refractivity contribution is 0.184.